The van der Waals surface area contributed by atoms with Gasteiger partial charge in [-0.2, -0.15) is 0 Å². The van der Waals surface area contributed by atoms with Gasteiger partial charge in [0, 0.05) is 11.8 Å². The molecular weight excluding hydrogens is 290 g/mol. The largest absolute Gasteiger partial charge is 0.491 e. The second kappa shape index (κ2) is 7.40. The van der Waals surface area contributed by atoms with E-state index in [0.29, 0.717) is 6.61 Å². The summed E-state index contributed by atoms with van der Waals surface area (Å²) in [5, 5.41) is 4.97. The first-order valence-electron chi connectivity index (χ1n) is 6.74. The summed E-state index contributed by atoms with van der Waals surface area (Å²) in [4.78, 5) is 11.6. The number of anilines is 1. The molecule has 0 aliphatic heterocycles. The van der Waals surface area contributed by atoms with Gasteiger partial charge in [0.2, 0.25) is 0 Å². The monoisotopic (exact) mass is 306 g/mol. The van der Waals surface area contributed by atoms with Gasteiger partial charge in [-0.1, -0.05) is 18.2 Å². The molecule has 4 nitrogen and oxygen atoms in total. The Bertz CT molecular complexity index is 662. The molecule has 0 aliphatic rings. The summed E-state index contributed by atoms with van der Waals surface area (Å²) in [6, 6.07) is 10.2. The Morgan fingerprint density at radius 1 is 1.14 bits per heavy atom. The van der Waals surface area contributed by atoms with E-state index in [-0.39, 0.29) is 12.2 Å². The zero-order chi connectivity index (χ0) is 15.9. The first-order valence-corrected chi connectivity index (χ1v) is 6.74. The van der Waals surface area contributed by atoms with Crippen molar-refractivity contribution in [2.45, 2.75) is 6.92 Å². The SMILES string of the molecule is Cc1ccccc1OCCNC(=O)Nc1ccc(F)c(F)c1. The van der Waals surface area contributed by atoms with E-state index in [1.807, 2.05) is 31.2 Å². The third-order valence-electron chi connectivity index (χ3n) is 2.92. The number of benzene rings is 2. The smallest absolute Gasteiger partial charge is 0.319 e. The minimum Gasteiger partial charge on any atom is -0.491 e. The van der Waals surface area contributed by atoms with Gasteiger partial charge >= 0.3 is 6.03 Å². The Labute approximate surface area is 127 Å². The Morgan fingerprint density at radius 3 is 2.64 bits per heavy atom. The normalized spacial score (nSPS) is 10.1. The lowest BCUT2D eigenvalue weighted by atomic mass is 10.2. The molecule has 0 atom stereocenters. The van der Waals surface area contributed by atoms with Crippen molar-refractivity contribution in [3.05, 3.63) is 59.7 Å². The van der Waals surface area contributed by atoms with Crippen LogP contribution < -0.4 is 15.4 Å². The predicted octanol–water partition coefficient (Wildman–Crippen LogP) is 3.47. The molecule has 2 aromatic carbocycles. The van der Waals surface area contributed by atoms with Crippen LogP contribution in [0.3, 0.4) is 0 Å². The van der Waals surface area contributed by atoms with Gasteiger partial charge in [-0.15, -0.1) is 0 Å². The number of aryl methyl sites for hydroxylation is 1. The third kappa shape index (κ3) is 4.44. The predicted molar refractivity (Wildman–Crippen MR) is 80.1 cm³/mol. The van der Waals surface area contributed by atoms with Crippen LogP contribution in [0.4, 0.5) is 19.3 Å². The quantitative estimate of drug-likeness (QED) is 0.831. The van der Waals surface area contributed by atoms with Crippen molar-refractivity contribution in [1.82, 2.24) is 5.32 Å². The van der Waals surface area contributed by atoms with Crippen molar-refractivity contribution in [3.8, 4) is 5.75 Å². The Balaban J connectivity index is 1.74. The molecule has 0 spiro atoms. The molecule has 116 valence electrons. The molecule has 0 bridgehead atoms. The van der Waals surface area contributed by atoms with Crippen LogP contribution in [0.1, 0.15) is 5.56 Å². The number of nitrogens with one attached hydrogen (secondary N) is 2. The fourth-order valence-corrected chi connectivity index (χ4v) is 1.79. The van der Waals surface area contributed by atoms with E-state index in [2.05, 4.69) is 10.6 Å². The second-order valence-corrected chi connectivity index (χ2v) is 4.62. The molecular formula is C16H16F2N2O2. The van der Waals surface area contributed by atoms with Crippen LogP contribution in [0.15, 0.2) is 42.5 Å². The highest BCUT2D eigenvalue weighted by Crippen LogP contribution is 2.15. The average molecular weight is 306 g/mol. The molecule has 0 unspecified atom stereocenters. The van der Waals surface area contributed by atoms with Crippen LogP contribution in [0.2, 0.25) is 0 Å². The molecule has 2 N–H and O–H groups in total. The highest BCUT2D eigenvalue weighted by atomic mass is 19.2. The molecule has 2 rings (SSSR count). The number of carbonyl (C=O) groups excluding carboxylic acids is 1. The fourth-order valence-electron chi connectivity index (χ4n) is 1.79. The first kappa shape index (κ1) is 15.8. The third-order valence-corrected chi connectivity index (χ3v) is 2.92. The zero-order valence-corrected chi connectivity index (χ0v) is 12.0. The van der Waals surface area contributed by atoms with E-state index in [0.717, 1.165) is 23.4 Å². The molecule has 2 aromatic rings. The van der Waals surface area contributed by atoms with Gasteiger partial charge in [0.25, 0.3) is 0 Å². The maximum atomic E-state index is 13.0. The van der Waals surface area contributed by atoms with Gasteiger partial charge < -0.3 is 15.4 Å². The molecule has 0 aliphatic carbocycles. The Hall–Kier alpha value is -2.63. The van der Waals surface area contributed by atoms with Gasteiger partial charge in [0.05, 0.1) is 6.54 Å². The first-order chi connectivity index (χ1) is 10.6. The lowest BCUT2D eigenvalue weighted by Crippen LogP contribution is -2.32. The average Bonchev–Trinajstić information content (AvgIpc) is 2.49. The van der Waals surface area contributed by atoms with Crippen LogP contribution in [-0.2, 0) is 0 Å². The Morgan fingerprint density at radius 2 is 1.91 bits per heavy atom. The fraction of sp³-hybridized carbons (Fsp3) is 0.188. The molecule has 0 fully saturated rings. The second-order valence-electron chi connectivity index (χ2n) is 4.62. The summed E-state index contributed by atoms with van der Waals surface area (Å²) in [5.74, 6) is -1.22. The maximum absolute atomic E-state index is 13.0. The van der Waals surface area contributed by atoms with Crippen molar-refractivity contribution in [3.63, 3.8) is 0 Å². The molecule has 0 saturated carbocycles. The van der Waals surface area contributed by atoms with E-state index in [1.165, 1.54) is 6.07 Å². The van der Waals surface area contributed by atoms with Crippen molar-refractivity contribution in [2.75, 3.05) is 18.5 Å². The highest BCUT2D eigenvalue weighted by Gasteiger charge is 2.05. The summed E-state index contributed by atoms with van der Waals surface area (Å²) in [5.41, 5.74) is 1.19. The lowest BCUT2D eigenvalue weighted by Gasteiger charge is -2.10. The molecule has 0 saturated heterocycles. The topological polar surface area (TPSA) is 50.4 Å². The number of ether oxygens (including phenoxy) is 1. The molecule has 6 heteroatoms. The number of urea groups is 1. The van der Waals surface area contributed by atoms with Crippen molar-refractivity contribution in [2.24, 2.45) is 0 Å². The summed E-state index contributed by atoms with van der Waals surface area (Å²) in [6.45, 7) is 2.51. The van der Waals surface area contributed by atoms with E-state index in [1.54, 1.807) is 0 Å². The van der Waals surface area contributed by atoms with Gasteiger partial charge in [0.1, 0.15) is 12.4 Å². The minimum absolute atomic E-state index is 0.177. The summed E-state index contributed by atoms with van der Waals surface area (Å²) in [6.07, 6.45) is 0. The molecule has 2 amide bonds. The highest BCUT2D eigenvalue weighted by molar-refractivity contribution is 5.89. The number of halogens is 2. The van der Waals surface area contributed by atoms with E-state index in [4.69, 9.17) is 4.74 Å². The molecule has 0 heterocycles. The van der Waals surface area contributed by atoms with E-state index < -0.39 is 17.7 Å². The number of carbonyl (C=O) groups is 1. The van der Waals surface area contributed by atoms with Crippen LogP contribution in [-0.4, -0.2) is 19.2 Å². The van der Waals surface area contributed by atoms with Gasteiger partial charge in [-0.3, -0.25) is 0 Å². The Kier molecular flexibility index (Phi) is 5.30. The maximum Gasteiger partial charge on any atom is 0.319 e. The minimum atomic E-state index is -1.01. The van der Waals surface area contributed by atoms with Crippen molar-refractivity contribution >= 4 is 11.7 Å². The van der Waals surface area contributed by atoms with Crippen LogP contribution in [0.25, 0.3) is 0 Å². The van der Waals surface area contributed by atoms with Gasteiger partial charge in [-0.25, -0.2) is 13.6 Å². The number of hydrogen-bond acceptors (Lipinski definition) is 2. The standard InChI is InChI=1S/C16H16F2N2O2/c1-11-4-2-3-5-15(11)22-9-8-19-16(21)20-12-6-7-13(17)14(18)10-12/h2-7,10H,8-9H2,1H3,(H2,19,20,21). The summed E-state index contributed by atoms with van der Waals surface area (Å²) >= 11 is 0. The van der Waals surface area contributed by atoms with E-state index >= 15 is 0 Å². The van der Waals surface area contributed by atoms with Crippen molar-refractivity contribution in [1.29, 1.82) is 0 Å². The van der Waals surface area contributed by atoms with E-state index in [9.17, 15) is 13.6 Å². The lowest BCUT2D eigenvalue weighted by molar-refractivity contribution is 0.247. The summed E-state index contributed by atoms with van der Waals surface area (Å²) in [7, 11) is 0. The number of para-hydroxylation sites is 1. The zero-order valence-electron chi connectivity index (χ0n) is 12.0. The molecule has 22 heavy (non-hydrogen) atoms. The molecule has 0 radical (unpaired) electrons. The number of hydrogen-bond donors (Lipinski definition) is 2. The molecule has 0 aromatic heterocycles. The number of amides is 2. The van der Waals surface area contributed by atoms with Gasteiger partial charge in [0.15, 0.2) is 11.6 Å². The van der Waals surface area contributed by atoms with Crippen molar-refractivity contribution < 1.29 is 18.3 Å². The van der Waals surface area contributed by atoms with Crippen LogP contribution in [0.5, 0.6) is 5.75 Å². The summed E-state index contributed by atoms with van der Waals surface area (Å²) < 4.78 is 31.3. The number of rotatable bonds is 5. The van der Waals surface area contributed by atoms with Gasteiger partial charge in [-0.05, 0) is 30.7 Å². The van der Waals surface area contributed by atoms with Crippen LogP contribution in [0, 0.1) is 18.6 Å². The van der Waals surface area contributed by atoms with Crippen LogP contribution >= 0.6 is 0 Å².